The molecule has 5 heteroatoms. The van der Waals surface area contributed by atoms with Gasteiger partial charge in [0, 0.05) is 11.8 Å². The molecule has 0 aliphatic carbocycles. The molecule has 0 fully saturated rings. The van der Waals surface area contributed by atoms with Gasteiger partial charge in [-0.3, -0.25) is 0 Å². The zero-order valence-corrected chi connectivity index (χ0v) is 12.3. The molecule has 96 valence electrons. The second-order valence-electron chi connectivity index (χ2n) is 4.61. The van der Waals surface area contributed by atoms with Gasteiger partial charge in [-0.25, -0.2) is 0 Å². The number of tetrazole rings is 1. The van der Waals surface area contributed by atoms with Crippen LogP contribution in [0.1, 0.15) is 17.0 Å². The van der Waals surface area contributed by atoms with Crippen molar-refractivity contribution in [2.75, 3.05) is 5.33 Å². The van der Waals surface area contributed by atoms with Crippen LogP contribution >= 0.6 is 15.9 Å². The first-order valence-corrected chi connectivity index (χ1v) is 7.14. The molecule has 1 unspecified atom stereocenters. The van der Waals surface area contributed by atoms with Crippen LogP contribution in [-0.4, -0.2) is 25.5 Å². The van der Waals surface area contributed by atoms with Gasteiger partial charge in [0.2, 0.25) is 0 Å². The highest BCUT2D eigenvalue weighted by molar-refractivity contribution is 9.09. The van der Waals surface area contributed by atoms with Crippen LogP contribution in [0.25, 0.3) is 0 Å². The summed E-state index contributed by atoms with van der Waals surface area (Å²) >= 11 is 3.57. The number of hydrogen-bond donors (Lipinski definition) is 0. The van der Waals surface area contributed by atoms with E-state index in [0.29, 0.717) is 5.92 Å². The zero-order valence-electron chi connectivity index (χ0n) is 10.7. The third kappa shape index (κ3) is 3.63. The number of rotatable bonds is 5. The molecule has 4 nitrogen and oxygen atoms in total. The summed E-state index contributed by atoms with van der Waals surface area (Å²) in [6.07, 6.45) is 1.89. The monoisotopic (exact) mass is 308 g/mol. The highest BCUT2D eigenvalue weighted by atomic mass is 79.9. The molecule has 0 radical (unpaired) electrons. The molecule has 1 aromatic heterocycles. The second-order valence-corrected chi connectivity index (χ2v) is 5.26. The van der Waals surface area contributed by atoms with Crippen LogP contribution in [0.15, 0.2) is 24.3 Å². The summed E-state index contributed by atoms with van der Waals surface area (Å²) in [6.45, 7) is 2.12. The molecule has 2 rings (SSSR count). The molecule has 0 amide bonds. The summed E-state index contributed by atoms with van der Waals surface area (Å²) in [6, 6.07) is 8.64. The summed E-state index contributed by atoms with van der Waals surface area (Å²) in [4.78, 5) is 1.51. The maximum absolute atomic E-state index is 4.23. The number of benzene rings is 1. The number of halogens is 1. The molecule has 0 saturated carbocycles. The van der Waals surface area contributed by atoms with E-state index in [0.717, 1.165) is 24.0 Å². The van der Waals surface area contributed by atoms with E-state index in [1.165, 1.54) is 15.9 Å². The summed E-state index contributed by atoms with van der Waals surface area (Å²) in [5.74, 6) is 1.31. The fourth-order valence-corrected chi connectivity index (χ4v) is 2.47. The Balaban J connectivity index is 2.01. The van der Waals surface area contributed by atoms with Gasteiger partial charge in [-0.15, -0.1) is 10.2 Å². The van der Waals surface area contributed by atoms with Crippen molar-refractivity contribution in [2.45, 2.75) is 19.8 Å². The van der Waals surface area contributed by atoms with Gasteiger partial charge in [0.05, 0.1) is 7.05 Å². The van der Waals surface area contributed by atoms with Crippen LogP contribution in [0, 0.1) is 12.8 Å². The van der Waals surface area contributed by atoms with E-state index < -0.39 is 0 Å². The first kappa shape index (κ1) is 13.2. The Morgan fingerprint density at radius 3 is 2.78 bits per heavy atom. The molecule has 0 spiro atoms. The van der Waals surface area contributed by atoms with Crippen LogP contribution < -0.4 is 0 Å². The van der Waals surface area contributed by atoms with Crippen LogP contribution in [0.3, 0.4) is 0 Å². The minimum Gasteiger partial charge on any atom is -0.167 e. The van der Waals surface area contributed by atoms with Crippen molar-refractivity contribution in [1.82, 2.24) is 20.2 Å². The molecule has 0 bridgehead atoms. The van der Waals surface area contributed by atoms with Gasteiger partial charge in [0.25, 0.3) is 0 Å². The van der Waals surface area contributed by atoms with Gasteiger partial charge in [0.1, 0.15) is 0 Å². The Morgan fingerprint density at radius 2 is 2.17 bits per heavy atom. The fourth-order valence-electron chi connectivity index (χ4n) is 2.02. The van der Waals surface area contributed by atoms with Crippen molar-refractivity contribution in [3.8, 4) is 0 Å². The molecule has 1 heterocycles. The highest BCUT2D eigenvalue weighted by Gasteiger charge is 2.12. The topological polar surface area (TPSA) is 43.6 Å². The zero-order chi connectivity index (χ0) is 13.0. The molecule has 1 atom stereocenters. The van der Waals surface area contributed by atoms with Gasteiger partial charge < -0.3 is 0 Å². The lowest BCUT2D eigenvalue weighted by Gasteiger charge is -2.12. The van der Waals surface area contributed by atoms with Gasteiger partial charge in [0.15, 0.2) is 5.82 Å². The van der Waals surface area contributed by atoms with Crippen molar-refractivity contribution < 1.29 is 0 Å². The predicted octanol–water partition coefficient (Wildman–Crippen LogP) is 2.31. The summed E-state index contributed by atoms with van der Waals surface area (Å²) in [5.41, 5.74) is 2.67. The Morgan fingerprint density at radius 1 is 1.33 bits per heavy atom. The molecule has 1 aromatic carbocycles. The van der Waals surface area contributed by atoms with E-state index in [9.17, 15) is 0 Å². The van der Waals surface area contributed by atoms with E-state index in [1.54, 1.807) is 7.05 Å². The van der Waals surface area contributed by atoms with Crippen LogP contribution in [-0.2, 0) is 19.9 Å². The largest absolute Gasteiger partial charge is 0.175 e. The molecule has 18 heavy (non-hydrogen) atoms. The number of aromatic nitrogens is 4. The number of alkyl halides is 1. The Kier molecular flexibility index (Phi) is 4.47. The van der Waals surface area contributed by atoms with Crippen LogP contribution in [0.2, 0.25) is 0 Å². The maximum Gasteiger partial charge on any atom is 0.175 e. The third-order valence-corrected chi connectivity index (χ3v) is 3.76. The SMILES string of the molecule is Cc1cccc(CC(CBr)Cc2nnn(C)n2)c1. The predicted molar refractivity (Wildman–Crippen MR) is 74.7 cm³/mol. The van der Waals surface area contributed by atoms with Gasteiger partial charge >= 0.3 is 0 Å². The molecular formula is C13H17BrN4. The molecule has 2 aromatic rings. The smallest absolute Gasteiger partial charge is 0.167 e. The maximum atomic E-state index is 4.23. The quantitative estimate of drug-likeness (QED) is 0.796. The van der Waals surface area contributed by atoms with Crippen LogP contribution in [0.4, 0.5) is 0 Å². The molecule has 0 N–H and O–H groups in total. The molecule has 0 saturated heterocycles. The van der Waals surface area contributed by atoms with Gasteiger partial charge in [-0.1, -0.05) is 45.8 Å². The van der Waals surface area contributed by atoms with E-state index in [-0.39, 0.29) is 0 Å². The third-order valence-electron chi connectivity index (χ3n) is 2.85. The van der Waals surface area contributed by atoms with Crippen molar-refractivity contribution in [1.29, 1.82) is 0 Å². The van der Waals surface area contributed by atoms with Gasteiger partial charge in [-0.2, -0.15) is 4.80 Å². The average Bonchev–Trinajstić information content (AvgIpc) is 2.74. The molecular weight excluding hydrogens is 292 g/mol. The minimum atomic E-state index is 0.496. The Hall–Kier alpha value is -1.23. The van der Waals surface area contributed by atoms with Crippen molar-refractivity contribution in [3.63, 3.8) is 0 Å². The lowest BCUT2D eigenvalue weighted by atomic mass is 9.97. The number of hydrogen-bond acceptors (Lipinski definition) is 3. The Labute approximate surface area is 116 Å². The van der Waals surface area contributed by atoms with Crippen LogP contribution in [0.5, 0.6) is 0 Å². The van der Waals surface area contributed by atoms with Crippen molar-refractivity contribution >= 4 is 15.9 Å². The Bertz CT molecular complexity index is 509. The summed E-state index contributed by atoms with van der Waals surface area (Å²) < 4.78 is 0. The average molecular weight is 309 g/mol. The first-order chi connectivity index (χ1) is 8.67. The standard InChI is InChI=1S/C13H17BrN4/c1-10-4-3-5-11(6-10)7-12(9-14)8-13-15-17-18(2)16-13/h3-6,12H,7-9H2,1-2H3. The summed E-state index contributed by atoms with van der Waals surface area (Å²) in [5, 5.41) is 13.1. The molecule has 0 aliphatic rings. The summed E-state index contributed by atoms with van der Waals surface area (Å²) in [7, 11) is 1.79. The lowest BCUT2D eigenvalue weighted by Crippen LogP contribution is -2.11. The fraction of sp³-hybridized carbons (Fsp3) is 0.462. The normalized spacial score (nSPS) is 12.6. The number of aryl methyl sites for hydroxylation is 2. The first-order valence-electron chi connectivity index (χ1n) is 6.01. The minimum absolute atomic E-state index is 0.496. The lowest BCUT2D eigenvalue weighted by molar-refractivity contribution is 0.566. The van der Waals surface area contributed by atoms with Crippen molar-refractivity contribution in [3.05, 3.63) is 41.2 Å². The van der Waals surface area contributed by atoms with Crippen molar-refractivity contribution in [2.24, 2.45) is 13.0 Å². The van der Waals surface area contributed by atoms with E-state index in [1.807, 2.05) is 0 Å². The molecule has 0 aliphatic heterocycles. The second kappa shape index (κ2) is 6.09. The van der Waals surface area contributed by atoms with E-state index in [2.05, 4.69) is 62.5 Å². The van der Waals surface area contributed by atoms with Gasteiger partial charge in [-0.05, 0) is 30.0 Å². The highest BCUT2D eigenvalue weighted by Crippen LogP contribution is 2.15. The number of nitrogens with zero attached hydrogens (tertiary/aromatic N) is 4. The van der Waals surface area contributed by atoms with E-state index in [4.69, 9.17) is 0 Å². The van der Waals surface area contributed by atoms with E-state index >= 15 is 0 Å².